The lowest BCUT2D eigenvalue weighted by atomic mass is 9.95. The van der Waals surface area contributed by atoms with E-state index in [2.05, 4.69) is 15.5 Å². The van der Waals surface area contributed by atoms with Crippen LogP contribution in [0.1, 0.15) is 10.4 Å². The number of amides is 1. The zero-order chi connectivity index (χ0) is 21.6. The zero-order valence-electron chi connectivity index (χ0n) is 16.2. The second-order valence-corrected chi connectivity index (χ2v) is 7.41. The molecule has 0 atom stereocenters. The molecular weight excluding hydrogens is 408 g/mol. The molecule has 31 heavy (non-hydrogen) atoms. The Kier molecular flexibility index (Phi) is 5.92. The summed E-state index contributed by atoms with van der Waals surface area (Å²) in [6.07, 6.45) is 0. The van der Waals surface area contributed by atoms with E-state index >= 15 is 0 Å². The largest absolute Gasteiger partial charge is 0.322 e. The molecule has 0 bridgehead atoms. The van der Waals surface area contributed by atoms with Gasteiger partial charge in [0.15, 0.2) is 0 Å². The Morgan fingerprint density at radius 2 is 1.52 bits per heavy atom. The predicted octanol–water partition coefficient (Wildman–Crippen LogP) is 4.93. The zero-order valence-corrected chi connectivity index (χ0v) is 17.0. The first-order chi connectivity index (χ1) is 15.2. The summed E-state index contributed by atoms with van der Waals surface area (Å²) in [6.45, 7) is 0. The fraction of sp³-hybridized carbons (Fsp3) is 0. The number of nitrogens with zero attached hydrogens (tertiary/aromatic N) is 2. The molecule has 0 saturated carbocycles. The van der Waals surface area contributed by atoms with Gasteiger partial charge >= 0.3 is 0 Å². The van der Waals surface area contributed by atoms with Crippen molar-refractivity contribution in [2.45, 2.75) is 4.90 Å². The number of aromatic nitrogens is 2. The van der Waals surface area contributed by atoms with Crippen molar-refractivity contribution in [3.05, 3.63) is 101 Å². The summed E-state index contributed by atoms with van der Waals surface area (Å²) in [5.74, 6) is -0.541. The number of aromatic amines is 1. The number of nitrogens with one attached hydrogen (secondary N) is 2. The molecule has 4 rings (SSSR count). The molecule has 0 aliphatic carbocycles. The van der Waals surface area contributed by atoms with Gasteiger partial charge in [-0.1, -0.05) is 60.7 Å². The summed E-state index contributed by atoms with van der Waals surface area (Å²) < 4.78 is 0. The Hall–Kier alpha value is -4.15. The molecule has 1 amide bonds. The first-order valence-electron chi connectivity index (χ1n) is 9.38. The van der Waals surface area contributed by atoms with Crippen molar-refractivity contribution in [3.63, 3.8) is 0 Å². The summed E-state index contributed by atoms with van der Waals surface area (Å²) in [6, 6.07) is 25.5. The lowest BCUT2D eigenvalue weighted by molar-refractivity contribution is 0.102. The minimum atomic E-state index is -0.576. The van der Waals surface area contributed by atoms with Crippen molar-refractivity contribution in [2.75, 3.05) is 5.32 Å². The number of nitriles is 1. The molecule has 7 heteroatoms. The topological polar surface area (TPSA) is 98.6 Å². The molecule has 0 aliphatic heterocycles. The summed E-state index contributed by atoms with van der Waals surface area (Å²) in [7, 11) is 0. The number of carbonyl (C=O) groups is 1. The quantitative estimate of drug-likeness (QED) is 0.350. The van der Waals surface area contributed by atoms with Crippen molar-refractivity contribution in [1.29, 1.82) is 5.26 Å². The average Bonchev–Trinajstić information content (AvgIpc) is 2.81. The van der Waals surface area contributed by atoms with E-state index in [0.29, 0.717) is 22.5 Å². The minimum Gasteiger partial charge on any atom is -0.322 e. The third-order valence-corrected chi connectivity index (χ3v) is 5.19. The molecule has 150 valence electrons. The van der Waals surface area contributed by atoms with E-state index in [1.165, 1.54) is 0 Å². The fourth-order valence-corrected chi connectivity index (χ4v) is 3.59. The van der Waals surface area contributed by atoms with Crippen molar-refractivity contribution >= 4 is 23.4 Å². The Bertz CT molecular complexity index is 1310. The van der Waals surface area contributed by atoms with Gasteiger partial charge in [0.1, 0.15) is 11.0 Å². The van der Waals surface area contributed by atoms with Crippen LogP contribution in [0, 0.1) is 10.7 Å². The van der Waals surface area contributed by atoms with Crippen LogP contribution >= 0.6 is 11.8 Å². The maximum absolute atomic E-state index is 13.2. The van der Waals surface area contributed by atoms with Crippen LogP contribution in [0.3, 0.4) is 0 Å². The summed E-state index contributed by atoms with van der Waals surface area (Å²) >= 11 is 1.03. The van der Waals surface area contributed by atoms with Gasteiger partial charge in [-0.3, -0.25) is 9.59 Å². The highest BCUT2D eigenvalue weighted by Crippen LogP contribution is 2.32. The van der Waals surface area contributed by atoms with E-state index in [0.717, 1.165) is 22.2 Å². The highest BCUT2D eigenvalue weighted by molar-refractivity contribution is 8.03. The molecule has 0 spiro atoms. The van der Waals surface area contributed by atoms with Gasteiger partial charge in [-0.25, -0.2) is 5.10 Å². The van der Waals surface area contributed by atoms with Crippen LogP contribution in [0.2, 0.25) is 0 Å². The average molecular weight is 424 g/mol. The van der Waals surface area contributed by atoms with Crippen molar-refractivity contribution < 1.29 is 4.79 Å². The molecule has 0 saturated heterocycles. The van der Waals surface area contributed by atoms with Crippen molar-refractivity contribution in [2.24, 2.45) is 0 Å². The van der Waals surface area contributed by atoms with Gasteiger partial charge in [0.05, 0.1) is 5.69 Å². The third kappa shape index (κ3) is 4.39. The number of carbonyl (C=O) groups excluding carboxylic acids is 1. The number of H-pyrrole nitrogens is 1. The van der Waals surface area contributed by atoms with Crippen molar-refractivity contribution in [1.82, 2.24) is 10.2 Å². The number of thioether (sulfide) groups is 1. The standard InChI is InChI=1S/C24H16N4O2S/c25-15-31-19-13-11-18(12-14-19)26-23(29)21-20(16-7-3-1-4-8-16)22(27-28-24(21)30)17-9-5-2-6-10-17/h1-14H,(H,26,29)(H,28,30). The Balaban J connectivity index is 1.82. The monoisotopic (exact) mass is 424 g/mol. The summed E-state index contributed by atoms with van der Waals surface area (Å²) in [5, 5.41) is 20.3. The Morgan fingerprint density at radius 3 is 2.13 bits per heavy atom. The summed E-state index contributed by atoms with van der Waals surface area (Å²) in [5.41, 5.74) is 2.39. The Labute approximate surface area is 182 Å². The van der Waals surface area contributed by atoms with Crippen LogP contribution in [0.25, 0.3) is 22.4 Å². The molecule has 0 unspecified atom stereocenters. The van der Waals surface area contributed by atoms with E-state index in [-0.39, 0.29) is 5.56 Å². The molecule has 1 heterocycles. The van der Waals surface area contributed by atoms with Crippen molar-refractivity contribution in [3.8, 4) is 27.8 Å². The number of hydrogen-bond donors (Lipinski definition) is 2. The molecule has 1 aromatic heterocycles. The van der Waals surface area contributed by atoms with Crippen LogP contribution in [0.15, 0.2) is 94.6 Å². The van der Waals surface area contributed by atoms with Gasteiger partial charge < -0.3 is 5.32 Å². The van der Waals surface area contributed by atoms with Gasteiger partial charge in [0.25, 0.3) is 11.5 Å². The summed E-state index contributed by atoms with van der Waals surface area (Å²) in [4.78, 5) is 26.7. The molecular formula is C24H16N4O2S. The number of hydrogen-bond acceptors (Lipinski definition) is 5. The third-order valence-electron chi connectivity index (χ3n) is 4.60. The lowest BCUT2D eigenvalue weighted by Crippen LogP contribution is -2.26. The molecule has 0 aliphatic rings. The maximum Gasteiger partial charge on any atom is 0.277 e. The van der Waals surface area contributed by atoms with E-state index in [1.807, 2.05) is 66.1 Å². The first kappa shape index (κ1) is 20.1. The number of anilines is 1. The van der Waals surface area contributed by atoms with Gasteiger partial charge in [0.2, 0.25) is 0 Å². The van der Waals surface area contributed by atoms with Crippen LogP contribution in [0.4, 0.5) is 5.69 Å². The van der Waals surface area contributed by atoms with Gasteiger partial charge in [-0.15, -0.1) is 0 Å². The second-order valence-electron chi connectivity index (χ2n) is 6.56. The molecule has 3 aromatic carbocycles. The van der Waals surface area contributed by atoms with Crippen LogP contribution in [-0.2, 0) is 0 Å². The van der Waals surface area contributed by atoms with Crippen LogP contribution < -0.4 is 10.9 Å². The van der Waals surface area contributed by atoms with Gasteiger partial charge in [0, 0.05) is 21.7 Å². The van der Waals surface area contributed by atoms with E-state index in [4.69, 9.17) is 5.26 Å². The molecule has 6 nitrogen and oxygen atoms in total. The maximum atomic E-state index is 13.2. The van der Waals surface area contributed by atoms with Gasteiger partial charge in [-0.05, 0) is 41.6 Å². The minimum absolute atomic E-state index is 0.0180. The molecule has 2 N–H and O–H groups in total. The van der Waals surface area contributed by atoms with E-state index in [9.17, 15) is 9.59 Å². The highest BCUT2D eigenvalue weighted by Gasteiger charge is 2.23. The van der Waals surface area contributed by atoms with E-state index in [1.54, 1.807) is 24.3 Å². The van der Waals surface area contributed by atoms with Gasteiger partial charge in [-0.2, -0.15) is 10.4 Å². The molecule has 4 aromatic rings. The Morgan fingerprint density at radius 1 is 0.903 bits per heavy atom. The van der Waals surface area contributed by atoms with Crippen LogP contribution in [-0.4, -0.2) is 16.1 Å². The number of benzene rings is 3. The first-order valence-corrected chi connectivity index (χ1v) is 10.2. The van der Waals surface area contributed by atoms with Crippen LogP contribution in [0.5, 0.6) is 0 Å². The molecule has 0 radical (unpaired) electrons. The number of thiocyanates is 1. The lowest BCUT2D eigenvalue weighted by Gasteiger charge is -2.14. The fourth-order valence-electron chi connectivity index (χ4n) is 3.21. The normalized spacial score (nSPS) is 10.3. The number of rotatable bonds is 5. The predicted molar refractivity (Wildman–Crippen MR) is 122 cm³/mol. The second kappa shape index (κ2) is 9.11. The SMILES string of the molecule is N#CSc1ccc(NC(=O)c2c(-c3ccccc3)c(-c3ccccc3)n[nH]c2=O)cc1. The molecule has 0 fully saturated rings. The smallest absolute Gasteiger partial charge is 0.277 e. The highest BCUT2D eigenvalue weighted by atomic mass is 32.2. The van der Waals surface area contributed by atoms with E-state index < -0.39 is 11.5 Å².